The van der Waals surface area contributed by atoms with Gasteiger partial charge in [-0.1, -0.05) is 16.9 Å². The Bertz CT molecular complexity index is 798. The fraction of sp³-hybridized carbons (Fsp3) is 0.0667. The molecule has 0 atom stereocenters. The lowest BCUT2D eigenvalue weighted by Gasteiger charge is -2.02. The van der Waals surface area contributed by atoms with Crippen LogP contribution in [0.5, 0.6) is 0 Å². The maximum Gasteiger partial charge on any atom is 0.471 e. The molecule has 1 aromatic heterocycles. The van der Waals surface area contributed by atoms with Crippen LogP contribution in [0.1, 0.15) is 5.89 Å². The van der Waals surface area contributed by atoms with Gasteiger partial charge in [0.05, 0.1) is 0 Å². The second-order valence-corrected chi connectivity index (χ2v) is 5.65. The minimum Gasteiger partial charge on any atom is -0.329 e. The van der Waals surface area contributed by atoms with Crippen LogP contribution < -0.4 is 0 Å². The summed E-state index contributed by atoms with van der Waals surface area (Å²) in [6.07, 6.45) is -4.66. The number of hydrogen-bond acceptors (Lipinski definition) is 4. The second-order valence-electron chi connectivity index (χ2n) is 4.50. The average molecular weight is 340 g/mol. The van der Waals surface area contributed by atoms with E-state index in [4.69, 9.17) is 0 Å². The average Bonchev–Trinajstić information content (AvgIpc) is 3.00. The predicted octanol–water partition coefficient (Wildman–Crippen LogP) is 5.05. The summed E-state index contributed by atoms with van der Waals surface area (Å²) in [5.74, 6) is -1.82. The van der Waals surface area contributed by atoms with E-state index < -0.39 is 12.1 Å². The summed E-state index contributed by atoms with van der Waals surface area (Å²) in [6.45, 7) is 0. The lowest BCUT2D eigenvalue weighted by Crippen LogP contribution is -2.04. The molecule has 23 heavy (non-hydrogen) atoms. The number of aromatic nitrogens is 2. The van der Waals surface area contributed by atoms with Crippen molar-refractivity contribution < 1.29 is 22.1 Å². The quantitative estimate of drug-likeness (QED) is 0.626. The Kier molecular flexibility index (Phi) is 4.08. The maximum atomic E-state index is 12.8. The maximum absolute atomic E-state index is 12.8. The molecule has 8 heteroatoms. The number of nitrogens with zero attached hydrogens (tertiary/aromatic N) is 2. The van der Waals surface area contributed by atoms with Crippen LogP contribution in [-0.2, 0) is 6.18 Å². The molecule has 0 aliphatic rings. The number of hydrogen-bond donors (Lipinski definition) is 0. The molecule has 0 radical (unpaired) electrons. The Balaban J connectivity index is 1.76. The van der Waals surface area contributed by atoms with Crippen molar-refractivity contribution in [3.8, 4) is 11.4 Å². The predicted molar refractivity (Wildman–Crippen MR) is 75.3 cm³/mol. The van der Waals surface area contributed by atoms with Gasteiger partial charge in [-0.3, -0.25) is 0 Å². The van der Waals surface area contributed by atoms with E-state index in [0.29, 0.717) is 5.56 Å². The first kappa shape index (κ1) is 15.5. The van der Waals surface area contributed by atoms with Gasteiger partial charge in [-0.2, -0.15) is 18.2 Å². The molecule has 0 saturated carbocycles. The van der Waals surface area contributed by atoms with E-state index in [0.717, 1.165) is 9.79 Å². The van der Waals surface area contributed by atoms with E-state index in [1.54, 1.807) is 36.4 Å². The van der Waals surface area contributed by atoms with Gasteiger partial charge in [0, 0.05) is 15.4 Å². The lowest BCUT2D eigenvalue weighted by atomic mass is 10.2. The molecule has 0 aliphatic heterocycles. The summed E-state index contributed by atoms with van der Waals surface area (Å²) in [7, 11) is 0. The first-order valence-corrected chi connectivity index (χ1v) is 7.18. The van der Waals surface area contributed by atoms with Crippen LogP contribution in [0.25, 0.3) is 11.4 Å². The van der Waals surface area contributed by atoms with E-state index in [9.17, 15) is 17.6 Å². The second kappa shape index (κ2) is 6.04. The summed E-state index contributed by atoms with van der Waals surface area (Å²) in [5.41, 5.74) is 0.410. The Hall–Kier alpha value is -2.35. The highest BCUT2D eigenvalue weighted by Gasteiger charge is 2.38. The SMILES string of the molecule is Fc1ccc(Sc2ccc(-c3noc(C(F)(F)F)n3)cc2)cc1. The molecular formula is C15H8F4N2OS. The third-order valence-corrected chi connectivity index (χ3v) is 3.85. The Morgan fingerprint density at radius 1 is 0.870 bits per heavy atom. The molecule has 0 spiro atoms. The first-order chi connectivity index (χ1) is 10.9. The fourth-order valence-corrected chi connectivity index (χ4v) is 2.58. The van der Waals surface area contributed by atoms with Crippen molar-refractivity contribution in [3.63, 3.8) is 0 Å². The molecule has 0 aliphatic carbocycles. The molecular weight excluding hydrogens is 332 g/mol. The zero-order valence-electron chi connectivity index (χ0n) is 11.3. The molecule has 0 amide bonds. The van der Waals surface area contributed by atoms with E-state index in [-0.39, 0.29) is 11.6 Å². The van der Waals surface area contributed by atoms with E-state index >= 15 is 0 Å². The summed E-state index contributed by atoms with van der Waals surface area (Å²) in [5, 5.41) is 3.32. The number of halogens is 4. The van der Waals surface area contributed by atoms with Gasteiger partial charge in [-0.25, -0.2) is 4.39 Å². The van der Waals surface area contributed by atoms with Crippen LogP contribution in [0, 0.1) is 5.82 Å². The van der Waals surface area contributed by atoms with Crippen molar-refractivity contribution in [3.05, 3.63) is 60.2 Å². The molecule has 0 fully saturated rings. The Morgan fingerprint density at radius 2 is 1.43 bits per heavy atom. The third kappa shape index (κ3) is 3.70. The topological polar surface area (TPSA) is 38.9 Å². The number of rotatable bonds is 3. The highest BCUT2D eigenvalue weighted by atomic mass is 32.2. The van der Waals surface area contributed by atoms with Crippen molar-refractivity contribution in [2.45, 2.75) is 16.0 Å². The van der Waals surface area contributed by atoms with Crippen LogP contribution in [0.4, 0.5) is 17.6 Å². The molecule has 3 rings (SSSR count). The van der Waals surface area contributed by atoms with Crippen molar-refractivity contribution in [2.75, 3.05) is 0 Å². The van der Waals surface area contributed by atoms with E-state index in [1.807, 2.05) is 0 Å². The van der Waals surface area contributed by atoms with Gasteiger partial charge in [0.15, 0.2) is 0 Å². The molecule has 1 heterocycles. The monoisotopic (exact) mass is 340 g/mol. The van der Waals surface area contributed by atoms with Gasteiger partial charge in [-0.05, 0) is 48.5 Å². The van der Waals surface area contributed by atoms with Gasteiger partial charge in [0.1, 0.15) is 5.82 Å². The lowest BCUT2D eigenvalue weighted by molar-refractivity contribution is -0.159. The van der Waals surface area contributed by atoms with Gasteiger partial charge < -0.3 is 4.52 Å². The van der Waals surface area contributed by atoms with Crippen molar-refractivity contribution in [1.29, 1.82) is 0 Å². The van der Waals surface area contributed by atoms with Crippen molar-refractivity contribution >= 4 is 11.8 Å². The van der Waals surface area contributed by atoms with Crippen LogP contribution in [0.15, 0.2) is 62.8 Å². The summed E-state index contributed by atoms with van der Waals surface area (Å²) in [6, 6.07) is 12.6. The Morgan fingerprint density at radius 3 is 1.96 bits per heavy atom. The summed E-state index contributed by atoms with van der Waals surface area (Å²) < 4.78 is 54.3. The Labute approximate surface area is 132 Å². The zero-order valence-corrected chi connectivity index (χ0v) is 12.2. The zero-order chi connectivity index (χ0) is 16.4. The highest BCUT2D eigenvalue weighted by Crippen LogP contribution is 2.31. The molecule has 2 aromatic carbocycles. The van der Waals surface area contributed by atoms with E-state index in [2.05, 4.69) is 14.7 Å². The number of benzene rings is 2. The molecule has 118 valence electrons. The summed E-state index contributed by atoms with van der Waals surface area (Å²) in [4.78, 5) is 5.02. The van der Waals surface area contributed by atoms with Gasteiger partial charge in [0.25, 0.3) is 0 Å². The molecule has 3 aromatic rings. The molecule has 0 N–H and O–H groups in total. The van der Waals surface area contributed by atoms with Gasteiger partial charge in [-0.15, -0.1) is 0 Å². The highest BCUT2D eigenvalue weighted by molar-refractivity contribution is 7.99. The minimum atomic E-state index is -4.66. The molecule has 0 bridgehead atoms. The summed E-state index contributed by atoms with van der Waals surface area (Å²) >= 11 is 1.40. The van der Waals surface area contributed by atoms with Crippen molar-refractivity contribution in [1.82, 2.24) is 10.1 Å². The van der Waals surface area contributed by atoms with E-state index in [1.165, 1.54) is 23.9 Å². The van der Waals surface area contributed by atoms with Crippen LogP contribution in [-0.4, -0.2) is 10.1 Å². The van der Waals surface area contributed by atoms with Crippen LogP contribution in [0.2, 0.25) is 0 Å². The fourth-order valence-electron chi connectivity index (χ4n) is 1.77. The number of alkyl halides is 3. The molecule has 0 unspecified atom stereocenters. The molecule has 3 nitrogen and oxygen atoms in total. The first-order valence-electron chi connectivity index (χ1n) is 6.36. The minimum absolute atomic E-state index is 0.129. The van der Waals surface area contributed by atoms with Gasteiger partial charge >= 0.3 is 12.1 Å². The van der Waals surface area contributed by atoms with Crippen molar-refractivity contribution in [2.24, 2.45) is 0 Å². The molecule has 0 saturated heterocycles. The largest absolute Gasteiger partial charge is 0.471 e. The normalized spacial score (nSPS) is 11.7. The van der Waals surface area contributed by atoms with Gasteiger partial charge in [0.2, 0.25) is 5.82 Å². The standard InChI is InChI=1S/C15H8F4N2OS/c16-10-3-7-12(8-4-10)23-11-5-1-9(2-6-11)13-20-14(22-21-13)15(17,18)19/h1-8H. The van der Waals surface area contributed by atoms with Crippen LogP contribution in [0.3, 0.4) is 0 Å². The van der Waals surface area contributed by atoms with Crippen LogP contribution >= 0.6 is 11.8 Å². The third-order valence-electron chi connectivity index (χ3n) is 2.83. The smallest absolute Gasteiger partial charge is 0.329 e.